The van der Waals surface area contributed by atoms with Crippen molar-refractivity contribution >= 4 is 5.91 Å². The monoisotopic (exact) mass is 375 g/mol. The average Bonchev–Trinajstić information content (AvgIpc) is 3.09. The lowest BCUT2D eigenvalue weighted by molar-refractivity contribution is -0.135. The lowest BCUT2D eigenvalue weighted by atomic mass is 10.1. The number of ether oxygens (including phenoxy) is 1. The van der Waals surface area contributed by atoms with E-state index in [9.17, 15) is 9.18 Å². The van der Waals surface area contributed by atoms with E-state index in [1.807, 2.05) is 18.1 Å². The van der Waals surface area contributed by atoms with Crippen molar-refractivity contribution in [3.63, 3.8) is 0 Å². The molecule has 1 saturated heterocycles. The van der Waals surface area contributed by atoms with Gasteiger partial charge >= 0.3 is 0 Å². The number of aromatic nitrogens is 2. The molecule has 0 saturated carbocycles. The second-order valence-electron chi connectivity index (χ2n) is 6.73. The summed E-state index contributed by atoms with van der Waals surface area (Å²) in [6.45, 7) is 3.33. The number of nitrogens with zero attached hydrogens (tertiary/aromatic N) is 4. The summed E-state index contributed by atoms with van der Waals surface area (Å²) in [6, 6.07) is 4.16. The highest BCUT2D eigenvalue weighted by Gasteiger charge is 2.28. The number of amides is 1. The lowest BCUT2D eigenvalue weighted by Crippen LogP contribution is -2.51. The molecule has 1 aliphatic rings. The molecule has 2 heterocycles. The molecule has 1 N–H and O–H groups in total. The predicted octanol–water partition coefficient (Wildman–Crippen LogP) is 1.17. The molecule has 0 radical (unpaired) electrons. The molecule has 8 heteroatoms. The molecular formula is C19H26FN5O2. The minimum absolute atomic E-state index is 0.0495. The number of carbonyl (C=O) groups is 1. The molecule has 1 aromatic carbocycles. The normalized spacial score (nSPS) is 16.4. The number of aryl methyl sites for hydroxylation is 1. The molecule has 3 rings (SSSR count). The Kier molecular flexibility index (Phi) is 6.08. The van der Waals surface area contributed by atoms with E-state index in [4.69, 9.17) is 4.74 Å². The van der Waals surface area contributed by atoms with Crippen molar-refractivity contribution in [1.82, 2.24) is 24.9 Å². The number of likely N-dealkylation sites (N-methyl/N-ethyl adjacent to an activating group) is 1. The molecule has 1 amide bonds. The third kappa shape index (κ3) is 4.45. The first-order valence-electron chi connectivity index (χ1n) is 9.01. The highest BCUT2D eigenvalue weighted by Crippen LogP contribution is 2.22. The van der Waals surface area contributed by atoms with E-state index in [-0.39, 0.29) is 11.7 Å². The molecule has 0 spiro atoms. The van der Waals surface area contributed by atoms with Crippen LogP contribution in [0.1, 0.15) is 17.2 Å². The number of hydrogen-bond acceptors (Lipinski definition) is 5. The third-order valence-corrected chi connectivity index (χ3v) is 4.91. The van der Waals surface area contributed by atoms with Crippen LogP contribution >= 0.6 is 0 Å². The van der Waals surface area contributed by atoms with Gasteiger partial charge in [0, 0.05) is 57.1 Å². The van der Waals surface area contributed by atoms with Gasteiger partial charge in [0.05, 0.1) is 13.3 Å². The number of halogens is 1. The summed E-state index contributed by atoms with van der Waals surface area (Å²) < 4.78 is 20.6. The fourth-order valence-electron chi connectivity index (χ4n) is 3.44. The van der Waals surface area contributed by atoms with Gasteiger partial charge in [0.25, 0.3) is 0 Å². The Bertz CT molecular complexity index is 786. The second-order valence-corrected chi connectivity index (χ2v) is 6.73. The minimum Gasteiger partial charge on any atom is -0.496 e. The van der Waals surface area contributed by atoms with Crippen molar-refractivity contribution in [2.45, 2.75) is 12.6 Å². The van der Waals surface area contributed by atoms with E-state index in [0.29, 0.717) is 25.4 Å². The van der Waals surface area contributed by atoms with Gasteiger partial charge in [0.1, 0.15) is 17.6 Å². The summed E-state index contributed by atoms with van der Waals surface area (Å²) in [6.07, 6.45) is 3.57. The fourth-order valence-corrected chi connectivity index (χ4v) is 3.44. The summed E-state index contributed by atoms with van der Waals surface area (Å²) in [5, 5.41) is 7.24. The first-order chi connectivity index (χ1) is 13.0. The smallest absolute Gasteiger partial charge is 0.244 e. The van der Waals surface area contributed by atoms with E-state index in [2.05, 4.69) is 15.3 Å². The molecule has 2 aromatic rings. The maximum absolute atomic E-state index is 13.6. The van der Waals surface area contributed by atoms with Gasteiger partial charge in [-0.3, -0.25) is 14.4 Å². The van der Waals surface area contributed by atoms with Crippen molar-refractivity contribution in [1.29, 1.82) is 0 Å². The Hall–Kier alpha value is -2.45. The summed E-state index contributed by atoms with van der Waals surface area (Å²) in [4.78, 5) is 17.0. The van der Waals surface area contributed by atoms with Gasteiger partial charge in [-0.25, -0.2) is 4.39 Å². The summed E-state index contributed by atoms with van der Waals surface area (Å²) in [7, 11) is 5.20. The zero-order chi connectivity index (χ0) is 19.4. The minimum atomic E-state index is -0.395. The second kappa shape index (κ2) is 8.49. The van der Waals surface area contributed by atoms with Gasteiger partial charge in [-0.1, -0.05) is 0 Å². The molecule has 27 heavy (non-hydrogen) atoms. The fraction of sp³-hybridized carbons (Fsp3) is 0.474. The Morgan fingerprint density at radius 3 is 2.67 bits per heavy atom. The first-order valence-corrected chi connectivity index (χ1v) is 9.01. The molecule has 0 bridgehead atoms. The molecule has 1 atom stereocenters. The van der Waals surface area contributed by atoms with Crippen LogP contribution in [0.4, 0.5) is 4.39 Å². The van der Waals surface area contributed by atoms with Gasteiger partial charge in [-0.15, -0.1) is 0 Å². The van der Waals surface area contributed by atoms with Crippen molar-refractivity contribution in [3.05, 3.63) is 47.5 Å². The SMILES string of the molecule is CNC(C(=O)N1CCN(Cc2cc(F)ccc2OC)CC1)c1cnn(C)c1. The van der Waals surface area contributed by atoms with Crippen LogP contribution in [0.2, 0.25) is 0 Å². The van der Waals surface area contributed by atoms with Crippen LogP contribution in [0.25, 0.3) is 0 Å². The number of carbonyl (C=O) groups excluding carboxylic acids is 1. The maximum atomic E-state index is 13.6. The van der Waals surface area contributed by atoms with E-state index >= 15 is 0 Å². The summed E-state index contributed by atoms with van der Waals surface area (Å²) >= 11 is 0. The zero-order valence-corrected chi connectivity index (χ0v) is 16.0. The molecule has 0 aliphatic carbocycles. The Morgan fingerprint density at radius 1 is 1.33 bits per heavy atom. The van der Waals surface area contributed by atoms with Gasteiger partial charge in [-0.2, -0.15) is 5.10 Å². The molecule has 1 aromatic heterocycles. The summed E-state index contributed by atoms with van der Waals surface area (Å²) in [5.41, 5.74) is 1.68. The van der Waals surface area contributed by atoms with E-state index in [1.165, 1.54) is 12.1 Å². The Morgan fingerprint density at radius 2 is 2.07 bits per heavy atom. The van der Waals surface area contributed by atoms with Crippen LogP contribution in [0.3, 0.4) is 0 Å². The number of methoxy groups -OCH3 is 1. The highest BCUT2D eigenvalue weighted by atomic mass is 19.1. The van der Waals surface area contributed by atoms with E-state index in [1.54, 1.807) is 31.1 Å². The Labute approximate surface area is 158 Å². The van der Waals surface area contributed by atoms with Gasteiger partial charge < -0.3 is 15.0 Å². The van der Waals surface area contributed by atoms with Crippen LogP contribution in [0.5, 0.6) is 5.75 Å². The molecule has 1 fully saturated rings. The molecular weight excluding hydrogens is 349 g/mol. The van der Waals surface area contributed by atoms with Crippen LogP contribution in [0.15, 0.2) is 30.6 Å². The zero-order valence-electron chi connectivity index (χ0n) is 16.0. The van der Waals surface area contributed by atoms with Crippen molar-refractivity contribution < 1.29 is 13.9 Å². The van der Waals surface area contributed by atoms with Crippen LogP contribution in [0, 0.1) is 5.82 Å². The molecule has 146 valence electrons. The average molecular weight is 375 g/mol. The maximum Gasteiger partial charge on any atom is 0.244 e. The quantitative estimate of drug-likeness (QED) is 0.821. The lowest BCUT2D eigenvalue weighted by Gasteiger charge is -2.36. The van der Waals surface area contributed by atoms with Gasteiger partial charge in [-0.05, 0) is 25.2 Å². The van der Waals surface area contributed by atoms with Crippen molar-refractivity contribution in [3.8, 4) is 5.75 Å². The van der Waals surface area contributed by atoms with E-state index < -0.39 is 6.04 Å². The predicted molar refractivity (Wildman–Crippen MR) is 99.8 cm³/mol. The molecule has 7 nitrogen and oxygen atoms in total. The van der Waals surface area contributed by atoms with Gasteiger partial charge in [0.15, 0.2) is 0 Å². The number of rotatable bonds is 6. The summed E-state index contributed by atoms with van der Waals surface area (Å²) in [5.74, 6) is 0.461. The van der Waals surface area contributed by atoms with E-state index in [0.717, 1.165) is 24.2 Å². The Balaban J connectivity index is 1.60. The largest absolute Gasteiger partial charge is 0.496 e. The van der Waals surface area contributed by atoms with Crippen LogP contribution in [-0.2, 0) is 18.4 Å². The topological polar surface area (TPSA) is 62.6 Å². The molecule has 1 unspecified atom stereocenters. The number of benzene rings is 1. The standard InChI is InChI=1S/C19H26FN5O2/c1-21-18(15-11-22-23(2)12-15)19(26)25-8-6-24(7-9-25)13-14-10-16(20)4-5-17(14)27-3/h4-5,10-12,18,21H,6-9,13H2,1-3H3. The van der Waals surface area contributed by atoms with Crippen molar-refractivity contribution in [2.75, 3.05) is 40.3 Å². The number of nitrogens with one attached hydrogen (secondary N) is 1. The number of hydrogen-bond donors (Lipinski definition) is 1. The molecule has 1 aliphatic heterocycles. The van der Waals surface area contributed by atoms with Gasteiger partial charge in [0.2, 0.25) is 5.91 Å². The van der Waals surface area contributed by atoms with Crippen molar-refractivity contribution in [2.24, 2.45) is 7.05 Å². The third-order valence-electron chi connectivity index (χ3n) is 4.91. The highest BCUT2D eigenvalue weighted by molar-refractivity contribution is 5.83. The number of piperazine rings is 1. The van der Waals surface area contributed by atoms with Crippen LogP contribution < -0.4 is 10.1 Å². The van der Waals surface area contributed by atoms with Crippen LogP contribution in [-0.4, -0.2) is 65.8 Å². The first kappa shape index (κ1) is 19.3.